The molecule has 8 rings (SSSR count). The van der Waals surface area contributed by atoms with E-state index in [4.69, 9.17) is 9.47 Å². The van der Waals surface area contributed by atoms with E-state index in [-0.39, 0.29) is 6.71 Å². The zero-order valence-corrected chi connectivity index (χ0v) is 18.9. The Labute approximate surface area is 203 Å². The number of para-hydroxylation sites is 2. The summed E-state index contributed by atoms with van der Waals surface area (Å²) in [5, 5.41) is 4.96. The lowest BCUT2D eigenvalue weighted by Crippen LogP contribution is -2.57. The van der Waals surface area contributed by atoms with Crippen LogP contribution in [0.2, 0.25) is 0 Å². The molecule has 0 spiro atoms. The first-order chi connectivity index (χ1) is 17.4. The third-order valence-electron chi connectivity index (χ3n) is 7.39. The topological polar surface area (TPSA) is 18.5 Å². The molecular weight excluding hydrogens is 427 g/mol. The molecule has 0 fully saturated rings. The lowest BCUT2D eigenvalue weighted by atomic mass is 9.34. The van der Waals surface area contributed by atoms with Gasteiger partial charge in [-0.15, -0.1) is 0 Å². The SMILES string of the molecule is c1ccc2c(c1)Oc1ccc(-c3cc4ccccc4c4ccccc34)c3c1B2c1ccccc1O3. The maximum Gasteiger partial charge on any atom is 0.260 e. The summed E-state index contributed by atoms with van der Waals surface area (Å²) >= 11 is 0. The summed E-state index contributed by atoms with van der Waals surface area (Å²) < 4.78 is 13.1. The van der Waals surface area contributed by atoms with E-state index in [1.54, 1.807) is 0 Å². The highest BCUT2D eigenvalue weighted by molar-refractivity contribution is 6.98. The molecule has 35 heavy (non-hydrogen) atoms. The van der Waals surface area contributed by atoms with Crippen molar-refractivity contribution in [3.63, 3.8) is 0 Å². The molecule has 0 amide bonds. The first-order valence-electron chi connectivity index (χ1n) is 12.0. The van der Waals surface area contributed by atoms with E-state index in [1.165, 1.54) is 38.0 Å². The molecule has 0 saturated carbocycles. The second kappa shape index (κ2) is 7.00. The average Bonchev–Trinajstić information content (AvgIpc) is 2.92. The van der Waals surface area contributed by atoms with E-state index in [2.05, 4.69) is 103 Å². The van der Waals surface area contributed by atoms with Crippen LogP contribution in [0.25, 0.3) is 32.7 Å². The van der Waals surface area contributed by atoms with Crippen LogP contribution in [0.3, 0.4) is 0 Å². The van der Waals surface area contributed by atoms with Gasteiger partial charge in [-0.25, -0.2) is 0 Å². The normalized spacial score (nSPS) is 13.0. The second-order valence-corrected chi connectivity index (χ2v) is 9.26. The van der Waals surface area contributed by atoms with Gasteiger partial charge in [-0.05, 0) is 68.4 Å². The van der Waals surface area contributed by atoms with Gasteiger partial charge in [0.1, 0.15) is 23.0 Å². The molecule has 0 aliphatic carbocycles. The van der Waals surface area contributed by atoms with Crippen molar-refractivity contribution in [2.75, 3.05) is 0 Å². The Kier molecular flexibility index (Phi) is 3.78. The molecular formula is C32H19BO2. The molecule has 0 N–H and O–H groups in total. The van der Waals surface area contributed by atoms with Crippen molar-refractivity contribution in [3.8, 4) is 34.1 Å². The molecule has 0 saturated heterocycles. The van der Waals surface area contributed by atoms with E-state index in [1.807, 2.05) is 12.1 Å². The van der Waals surface area contributed by atoms with Crippen LogP contribution in [0.4, 0.5) is 0 Å². The smallest absolute Gasteiger partial charge is 0.260 e. The van der Waals surface area contributed by atoms with Crippen molar-refractivity contribution in [1.29, 1.82) is 0 Å². The summed E-state index contributed by atoms with van der Waals surface area (Å²) in [6.45, 7) is 0.0709. The van der Waals surface area contributed by atoms with Crippen LogP contribution in [-0.4, -0.2) is 6.71 Å². The molecule has 0 radical (unpaired) electrons. The Hall–Kier alpha value is -4.50. The Morgan fingerprint density at radius 3 is 1.89 bits per heavy atom. The molecule has 2 heterocycles. The van der Waals surface area contributed by atoms with E-state index < -0.39 is 0 Å². The third kappa shape index (κ3) is 2.61. The molecule has 3 heteroatoms. The van der Waals surface area contributed by atoms with Crippen LogP contribution in [0.5, 0.6) is 23.0 Å². The monoisotopic (exact) mass is 446 g/mol. The largest absolute Gasteiger partial charge is 0.458 e. The van der Waals surface area contributed by atoms with Crippen molar-refractivity contribution in [3.05, 3.63) is 115 Å². The Bertz CT molecular complexity index is 1810. The van der Waals surface area contributed by atoms with Gasteiger partial charge in [0.25, 0.3) is 6.71 Å². The predicted octanol–water partition coefficient (Wildman–Crippen LogP) is 6.39. The molecule has 2 aliphatic rings. The van der Waals surface area contributed by atoms with Crippen LogP contribution >= 0.6 is 0 Å². The van der Waals surface area contributed by atoms with Crippen molar-refractivity contribution in [2.45, 2.75) is 0 Å². The third-order valence-corrected chi connectivity index (χ3v) is 7.39. The highest BCUT2D eigenvalue weighted by Crippen LogP contribution is 2.43. The first kappa shape index (κ1) is 18.9. The van der Waals surface area contributed by atoms with Crippen molar-refractivity contribution in [2.24, 2.45) is 0 Å². The van der Waals surface area contributed by atoms with Gasteiger partial charge in [0, 0.05) is 11.0 Å². The Morgan fingerprint density at radius 1 is 0.457 bits per heavy atom. The van der Waals surface area contributed by atoms with Crippen LogP contribution in [0.1, 0.15) is 0 Å². The molecule has 2 aliphatic heterocycles. The lowest BCUT2D eigenvalue weighted by Gasteiger charge is -2.34. The van der Waals surface area contributed by atoms with E-state index in [0.717, 1.165) is 34.0 Å². The molecule has 0 aromatic heterocycles. The van der Waals surface area contributed by atoms with Crippen LogP contribution < -0.4 is 25.9 Å². The predicted molar refractivity (Wildman–Crippen MR) is 145 cm³/mol. The number of ether oxygens (including phenoxy) is 2. The van der Waals surface area contributed by atoms with Gasteiger partial charge in [-0.3, -0.25) is 0 Å². The zero-order chi connectivity index (χ0) is 22.9. The molecule has 6 aromatic carbocycles. The van der Waals surface area contributed by atoms with E-state index in [9.17, 15) is 0 Å². The summed E-state index contributed by atoms with van der Waals surface area (Å²) in [7, 11) is 0. The Morgan fingerprint density at radius 2 is 1.09 bits per heavy atom. The number of rotatable bonds is 1. The number of benzene rings is 6. The van der Waals surface area contributed by atoms with E-state index >= 15 is 0 Å². The van der Waals surface area contributed by atoms with Gasteiger partial charge >= 0.3 is 0 Å². The summed E-state index contributed by atoms with van der Waals surface area (Å²) in [6, 6.07) is 40.5. The highest BCUT2D eigenvalue weighted by atomic mass is 16.5. The van der Waals surface area contributed by atoms with Crippen LogP contribution in [0.15, 0.2) is 115 Å². The minimum absolute atomic E-state index is 0.0709. The highest BCUT2D eigenvalue weighted by Gasteiger charge is 2.41. The number of fused-ring (bicyclic) bond motifs is 7. The standard InChI is InChI=1S/C32H19BO2/c1-2-10-21-20(9-1)19-25(23-12-4-3-11-22(21)23)24-17-18-30-31-32(24)35-29-16-8-6-14-27(29)33(31)26-13-5-7-15-28(26)34-30/h1-19H. The van der Waals surface area contributed by atoms with Gasteiger partial charge in [-0.2, -0.15) is 0 Å². The molecule has 0 atom stereocenters. The quantitative estimate of drug-likeness (QED) is 0.215. The molecule has 2 nitrogen and oxygen atoms in total. The molecule has 0 bridgehead atoms. The van der Waals surface area contributed by atoms with Crippen molar-refractivity contribution >= 4 is 44.6 Å². The van der Waals surface area contributed by atoms with Gasteiger partial charge in [0.2, 0.25) is 0 Å². The molecule has 0 unspecified atom stereocenters. The fourth-order valence-electron chi connectivity index (χ4n) is 5.87. The average molecular weight is 446 g/mol. The fraction of sp³-hybridized carbons (Fsp3) is 0. The summed E-state index contributed by atoms with van der Waals surface area (Å²) in [5.74, 6) is 3.58. The zero-order valence-electron chi connectivity index (χ0n) is 18.9. The summed E-state index contributed by atoms with van der Waals surface area (Å²) in [6.07, 6.45) is 0. The lowest BCUT2D eigenvalue weighted by molar-refractivity contribution is 0.465. The Balaban J connectivity index is 1.47. The van der Waals surface area contributed by atoms with Crippen LogP contribution in [0, 0.1) is 0 Å². The number of hydrogen-bond acceptors (Lipinski definition) is 2. The first-order valence-corrected chi connectivity index (χ1v) is 12.0. The van der Waals surface area contributed by atoms with Crippen molar-refractivity contribution < 1.29 is 9.47 Å². The van der Waals surface area contributed by atoms with E-state index in [0.29, 0.717) is 0 Å². The summed E-state index contributed by atoms with van der Waals surface area (Å²) in [5.41, 5.74) is 5.73. The maximum absolute atomic E-state index is 6.71. The molecule has 162 valence electrons. The van der Waals surface area contributed by atoms with Crippen molar-refractivity contribution in [1.82, 2.24) is 0 Å². The molecule has 6 aromatic rings. The number of hydrogen-bond donors (Lipinski definition) is 0. The van der Waals surface area contributed by atoms with Gasteiger partial charge in [0.05, 0.1) is 0 Å². The minimum Gasteiger partial charge on any atom is -0.458 e. The second-order valence-electron chi connectivity index (χ2n) is 9.26. The van der Waals surface area contributed by atoms with Gasteiger partial charge in [0.15, 0.2) is 0 Å². The van der Waals surface area contributed by atoms with Gasteiger partial charge in [-0.1, -0.05) is 84.9 Å². The van der Waals surface area contributed by atoms with Gasteiger partial charge < -0.3 is 9.47 Å². The summed E-state index contributed by atoms with van der Waals surface area (Å²) in [4.78, 5) is 0. The minimum atomic E-state index is 0.0709. The maximum atomic E-state index is 6.71. The van der Waals surface area contributed by atoms with Crippen LogP contribution in [-0.2, 0) is 0 Å². The fourth-order valence-corrected chi connectivity index (χ4v) is 5.87.